The summed E-state index contributed by atoms with van der Waals surface area (Å²) in [6, 6.07) is 16.3. The molecule has 6 nitrogen and oxygen atoms in total. The number of hydrogen-bond donors (Lipinski definition) is 1. The molecule has 0 fully saturated rings. The van der Waals surface area contributed by atoms with Crippen LogP contribution in [0.15, 0.2) is 60.9 Å². The SMILES string of the molecule is CC(C)c1cccc(-c2cccc3nc(Nc4ncccn4)nn23)c1. The van der Waals surface area contributed by atoms with Gasteiger partial charge in [0.15, 0.2) is 5.65 Å². The van der Waals surface area contributed by atoms with Crippen LogP contribution in [0.4, 0.5) is 11.9 Å². The van der Waals surface area contributed by atoms with Gasteiger partial charge in [-0.3, -0.25) is 5.32 Å². The summed E-state index contributed by atoms with van der Waals surface area (Å²) in [6.07, 6.45) is 3.35. The number of nitrogens with zero attached hydrogens (tertiary/aromatic N) is 5. The van der Waals surface area contributed by atoms with Gasteiger partial charge in [-0.2, -0.15) is 4.98 Å². The quantitative estimate of drug-likeness (QED) is 0.611. The van der Waals surface area contributed by atoms with E-state index < -0.39 is 0 Å². The molecule has 0 spiro atoms. The Bertz CT molecular complexity index is 1010. The minimum atomic E-state index is 0.471. The first-order chi connectivity index (χ1) is 12.2. The molecular weight excluding hydrogens is 312 g/mol. The fraction of sp³-hybridized carbons (Fsp3) is 0.158. The molecule has 6 heteroatoms. The molecule has 4 aromatic rings. The number of hydrogen-bond acceptors (Lipinski definition) is 5. The molecule has 0 radical (unpaired) electrons. The maximum absolute atomic E-state index is 4.57. The predicted molar refractivity (Wildman–Crippen MR) is 97.8 cm³/mol. The lowest BCUT2D eigenvalue weighted by molar-refractivity contribution is 0.866. The van der Waals surface area contributed by atoms with E-state index >= 15 is 0 Å². The molecule has 0 unspecified atom stereocenters. The van der Waals surface area contributed by atoms with Gasteiger partial charge in [0.2, 0.25) is 11.9 Å². The van der Waals surface area contributed by atoms with Crippen molar-refractivity contribution in [3.8, 4) is 11.3 Å². The zero-order valence-corrected chi connectivity index (χ0v) is 14.1. The highest BCUT2D eigenvalue weighted by atomic mass is 15.4. The normalized spacial score (nSPS) is 11.2. The fourth-order valence-electron chi connectivity index (χ4n) is 2.70. The van der Waals surface area contributed by atoms with Crippen LogP contribution in [0.3, 0.4) is 0 Å². The van der Waals surface area contributed by atoms with Gasteiger partial charge in [0.25, 0.3) is 0 Å². The third kappa shape index (κ3) is 3.06. The van der Waals surface area contributed by atoms with E-state index in [0.717, 1.165) is 16.9 Å². The van der Waals surface area contributed by atoms with Crippen LogP contribution in [0.2, 0.25) is 0 Å². The van der Waals surface area contributed by atoms with Crippen molar-refractivity contribution in [3.63, 3.8) is 0 Å². The molecule has 0 aliphatic heterocycles. The van der Waals surface area contributed by atoms with E-state index in [2.05, 4.69) is 63.5 Å². The molecule has 124 valence electrons. The Hall–Kier alpha value is -3.28. The number of nitrogens with one attached hydrogen (secondary N) is 1. The average molecular weight is 330 g/mol. The van der Waals surface area contributed by atoms with Crippen molar-refractivity contribution < 1.29 is 0 Å². The number of aromatic nitrogens is 5. The maximum atomic E-state index is 4.57. The van der Waals surface area contributed by atoms with E-state index in [1.165, 1.54) is 5.56 Å². The summed E-state index contributed by atoms with van der Waals surface area (Å²) in [5, 5.41) is 7.61. The zero-order chi connectivity index (χ0) is 17.2. The van der Waals surface area contributed by atoms with Crippen molar-refractivity contribution in [1.82, 2.24) is 24.6 Å². The third-order valence-electron chi connectivity index (χ3n) is 4.00. The summed E-state index contributed by atoms with van der Waals surface area (Å²) in [5.41, 5.74) is 4.18. The molecule has 0 amide bonds. The minimum absolute atomic E-state index is 0.471. The summed E-state index contributed by atoms with van der Waals surface area (Å²) in [4.78, 5) is 12.8. The van der Waals surface area contributed by atoms with Gasteiger partial charge >= 0.3 is 0 Å². The molecule has 0 saturated heterocycles. The number of benzene rings is 1. The monoisotopic (exact) mass is 330 g/mol. The molecule has 0 aliphatic rings. The second kappa shape index (κ2) is 6.32. The summed E-state index contributed by atoms with van der Waals surface area (Å²) in [6.45, 7) is 4.38. The van der Waals surface area contributed by atoms with Crippen molar-refractivity contribution in [2.24, 2.45) is 0 Å². The van der Waals surface area contributed by atoms with Crippen LogP contribution in [-0.4, -0.2) is 24.6 Å². The number of anilines is 2. The minimum Gasteiger partial charge on any atom is -0.291 e. The Balaban J connectivity index is 1.76. The second-order valence-electron chi connectivity index (χ2n) is 6.09. The van der Waals surface area contributed by atoms with Crippen molar-refractivity contribution in [2.75, 3.05) is 5.32 Å². The predicted octanol–water partition coefficient (Wildman–Crippen LogP) is 4.05. The Kier molecular flexibility index (Phi) is 3.85. The Morgan fingerprint density at radius 3 is 2.52 bits per heavy atom. The van der Waals surface area contributed by atoms with Crippen LogP contribution in [0.25, 0.3) is 16.9 Å². The number of rotatable bonds is 4. The molecule has 1 aromatic carbocycles. The van der Waals surface area contributed by atoms with Gasteiger partial charge in [0.1, 0.15) is 0 Å². The number of fused-ring (bicyclic) bond motifs is 1. The first-order valence-corrected chi connectivity index (χ1v) is 8.21. The molecular formula is C19H18N6. The summed E-state index contributed by atoms with van der Waals surface area (Å²) < 4.78 is 1.84. The third-order valence-corrected chi connectivity index (χ3v) is 4.00. The van der Waals surface area contributed by atoms with Crippen molar-refractivity contribution in [3.05, 3.63) is 66.5 Å². The van der Waals surface area contributed by atoms with Crippen LogP contribution in [0.5, 0.6) is 0 Å². The molecule has 3 aromatic heterocycles. The molecule has 1 N–H and O–H groups in total. The molecule has 0 atom stereocenters. The lowest BCUT2D eigenvalue weighted by Crippen LogP contribution is -1.98. The molecule has 4 rings (SSSR count). The average Bonchev–Trinajstić information content (AvgIpc) is 3.05. The van der Waals surface area contributed by atoms with Crippen molar-refractivity contribution in [1.29, 1.82) is 0 Å². The standard InChI is InChI=1S/C19H18N6/c1-13(2)14-6-3-7-15(12-14)16-8-4-9-17-22-19(24-25(16)17)23-18-20-10-5-11-21-18/h3-13H,1-2H3,(H,20,21,23,24). The largest absolute Gasteiger partial charge is 0.291 e. The summed E-state index contributed by atoms with van der Waals surface area (Å²) in [7, 11) is 0. The van der Waals surface area contributed by atoms with Gasteiger partial charge < -0.3 is 0 Å². The van der Waals surface area contributed by atoms with Crippen molar-refractivity contribution in [2.45, 2.75) is 19.8 Å². The molecule has 3 heterocycles. The molecule has 0 saturated carbocycles. The van der Waals surface area contributed by atoms with Crippen LogP contribution in [0, 0.1) is 0 Å². The lowest BCUT2D eigenvalue weighted by Gasteiger charge is -2.09. The summed E-state index contributed by atoms with van der Waals surface area (Å²) in [5.74, 6) is 1.42. The van der Waals surface area contributed by atoms with E-state index in [9.17, 15) is 0 Å². The summed E-state index contributed by atoms with van der Waals surface area (Å²) >= 11 is 0. The molecule has 0 bridgehead atoms. The Morgan fingerprint density at radius 2 is 1.72 bits per heavy atom. The van der Waals surface area contributed by atoms with E-state index in [-0.39, 0.29) is 0 Å². The molecule has 25 heavy (non-hydrogen) atoms. The van der Waals surface area contributed by atoms with Gasteiger partial charge in [-0.15, -0.1) is 5.10 Å². The number of pyridine rings is 1. The van der Waals surface area contributed by atoms with Crippen LogP contribution < -0.4 is 5.32 Å². The van der Waals surface area contributed by atoms with Crippen molar-refractivity contribution >= 4 is 17.5 Å². The van der Waals surface area contributed by atoms with E-state index in [0.29, 0.717) is 17.8 Å². The van der Waals surface area contributed by atoms with E-state index in [1.54, 1.807) is 18.5 Å². The lowest BCUT2D eigenvalue weighted by atomic mass is 9.99. The smallest absolute Gasteiger partial charge is 0.249 e. The Morgan fingerprint density at radius 1 is 0.920 bits per heavy atom. The highest BCUT2D eigenvalue weighted by Crippen LogP contribution is 2.25. The van der Waals surface area contributed by atoms with Crippen LogP contribution in [0.1, 0.15) is 25.3 Å². The van der Waals surface area contributed by atoms with E-state index in [1.807, 2.05) is 22.7 Å². The van der Waals surface area contributed by atoms with Gasteiger partial charge in [-0.1, -0.05) is 38.1 Å². The van der Waals surface area contributed by atoms with Gasteiger partial charge in [-0.05, 0) is 35.7 Å². The molecule has 0 aliphatic carbocycles. The first kappa shape index (κ1) is 15.3. The highest BCUT2D eigenvalue weighted by molar-refractivity contribution is 5.65. The zero-order valence-electron chi connectivity index (χ0n) is 14.1. The second-order valence-corrected chi connectivity index (χ2v) is 6.09. The maximum Gasteiger partial charge on any atom is 0.249 e. The van der Waals surface area contributed by atoms with Crippen LogP contribution in [-0.2, 0) is 0 Å². The van der Waals surface area contributed by atoms with Crippen LogP contribution >= 0.6 is 0 Å². The topological polar surface area (TPSA) is 68.0 Å². The fourth-order valence-corrected chi connectivity index (χ4v) is 2.70. The van der Waals surface area contributed by atoms with E-state index in [4.69, 9.17) is 0 Å². The van der Waals surface area contributed by atoms with Gasteiger partial charge in [0.05, 0.1) is 5.69 Å². The highest BCUT2D eigenvalue weighted by Gasteiger charge is 2.10. The Labute approximate surface area is 145 Å². The van der Waals surface area contributed by atoms with Gasteiger partial charge in [-0.25, -0.2) is 14.5 Å². The first-order valence-electron chi connectivity index (χ1n) is 8.21. The van der Waals surface area contributed by atoms with Gasteiger partial charge in [0, 0.05) is 18.0 Å².